The van der Waals surface area contributed by atoms with Gasteiger partial charge in [-0.15, -0.1) is 0 Å². The summed E-state index contributed by atoms with van der Waals surface area (Å²) in [5.41, 5.74) is 0.632. The standard InChI is InChI=1S/C17H22N2O4/c1-2-22-17(21)6-4-3-5-13-23-15-9-7-14(8-10-15)19-16(20)11-12-18/h7-10H,2-6,11,13H2,1H3,(H,19,20). The summed E-state index contributed by atoms with van der Waals surface area (Å²) in [5, 5.41) is 11.0. The van der Waals surface area contributed by atoms with Crippen molar-refractivity contribution in [2.45, 2.75) is 39.0 Å². The summed E-state index contributed by atoms with van der Waals surface area (Å²) < 4.78 is 10.4. The monoisotopic (exact) mass is 318 g/mol. The van der Waals surface area contributed by atoms with E-state index in [0.717, 1.165) is 19.3 Å². The molecule has 6 heteroatoms. The van der Waals surface area contributed by atoms with Gasteiger partial charge in [0.25, 0.3) is 0 Å². The number of rotatable bonds is 10. The third-order valence-corrected chi connectivity index (χ3v) is 2.98. The van der Waals surface area contributed by atoms with E-state index in [0.29, 0.717) is 31.1 Å². The van der Waals surface area contributed by atoms with E-state index in [4.69, 9.17) is 14.7 Å². The number of hydrogen-bond acceptors (Lipinski definition) is 5. The first-order valence-electron chi connectivity index (χ1n) is 7.71. The molecular formula is C17H22N2O4. The van der Waals surface area contributed by atoms with E-state index in [1.165, 1.54) is 0 Å². The van der Waals surface area contributed by atoms with Crippen molar-refractivity contribution in [3.63, 3.8) is 0 Å². The van der Waals surface area contributed by atoms with Gasteiger partial charge in [-0.25, -0.2) is 0 Å². The lowest BCUT2D eigenvalue weighted by molar-refractivity contribution is -0.143. The zero-order chi connectivity index (χ0) is 16.9. The van der Waals surface area contributed by atoms with E-state index in [9.17, 15) is 9.59 Å². The van der Waals surface area contributed by atoms with E-state index in [1.54, 1.807) is 37.3 Å². The lowest BCUT2D eigenvalue weighted by Gasteiger charge is -2.08. The number of amides is 1. The van der Waals surface area contributed by atoms with E-state index in [1.807, 2.05) is 0 Å². The first-order chi connectivity index (χ1) is 11.2. The molecule has 0 aliphatic rings. The van der Waals surface area contributed by atoms with Gasteiger partial charge in [-0.2, -0.15) is 5.26 Å². The molecule has 0 atom stereocenters. The van der Waals surface area contributed by atoms with Crippen LogP contribution in [0.3, 0.4) is 0 Å². The Balaban J connectivity index is 2.17. The minimum absolute atomic E-state index is 0.151. The molecule has 0 aliphatic heterocycles. The third-order valence-electron chi connectivity index (χ3n) is 2.98. The summed E-state index contributed by atoms with van der Waals surface area (Å²) in [5.74, 6) is 0.235. The van der Waals surface area contributed by atoms with Crippen molar-refractivity contribution in [1.82, 2.24) is 0 Å². The zero-order valence-electron chi connectivity index (χ0n) is 13.3. The Labute approximate surface area is 136 Å². The molecule has 0 spiro atoms. The van der Waals surface area contributed by atoms with Crippen LogP contribution >= 0.6 is 0 Å². The van der Waals surface area contributed by atoms with Crippen molar-refractivity contribution in [3.05, 3.63) is 24.3 Å². The Hall–Kier alpha value is -2.55. The van der Waals surface area contributed by atoms with Gasteiger partial charge in [-0.1, -0.05) is 0 Å². The highest BCUT2D eigenvalue weighted by Gasteiger charge is 2.02. The molecule has 124 valence electrons. The summed E-state index contributed by atoms with van der Waals surface area (Å²) in [6.45, 7) is 2.80. The molecule has 0 bridgehead atoms. The van der Waals surface area contributed by atoms with Gasteiger partial charge in [0.15, 0.2) is 0 Å². The minimum atomic E-state index is -0.331. The Morgan fingerprint density at radius 3 is 2.57 bits per heavy atom. The average Bonchev–Trinajstić information content (AvgIpc) is 2.53. The van der Waals surface area contributed by atoms with Crippen LogP contribution < -0.4 is 10.1 Å². The first-order valence-corrected chi connectivity index (χ1v) is 7.71. The lowest BCUT2D eigenvalue weighted by Crippen LogP contribution is -2.09. The maximum absolute atomic E-state index is 11.3. The highest BCUT2D eigenvalue weighted by Crippen LogP contribution is 2.16. The highest BCUT2D eigenvalue weighted by atomic mass is 16.5. The Kier molecular flexibility index (Phi) is 8.91. The number of carbonyl (C=O) groups excluding carboxylic acids is 2. The van der Waals surface area contributed by atoms with Crippen molar-refractivity contribution in [3.8, 4) is 11.8 Å². The Bertz CT molecular complexity index is 535. The van der Waals surface area contributed by atoms with Crippen molar-refractivity contribution in [1.29, 1.82) is 5.26 Å². The fraction of sp³-hybridized carbons (Fsp3) is 0.471. The molecule has 1 aromatic rings. The fourth-order valence-electron chi connectivity index (χ4n) is 1.88. The van der Waals surface area contributed by atoms with Crippen LogP contribution in [0.15, 0.2) is 24.3 Å². The van der Waals surface area contributed by atoms with Crippen molar-refractivity contribution in [2.24, 2.45) is 0 Å². The van der Waals surface area contributed by atoms with Crippen LogP contribution in [-0.2, 0) is 14.3 Å². The number of nitrogens with one attached hydrogen (secondary N) is 1. The average molecular weight is 318 g/mol. The van der Waals surface area contributed by atoms with Gasteiger partial charge in [-0.3, -0.25) is 9.59 Å². The molecular weight excluding hydrogens is 296 g/mol. The highest BCUT2D eigenvalue weighted by molar-refractivity contribution is 5.92. The van der Waals surface area contributed by atoms with Crippen molar-refractivity contribution < 1.29 is 19.1 Å². The van der Waals surface area contributed by atoms with E-state index < -0.39 is 0 Å². The van der Waals surface area contributed by atoms with Gasteiger partial charge in [0.2, 0.25) is 5.91 Å². The van der Waals surface area contributed by atoms with Gasteiger partial charge < -0.3 is 14.8 Å². The Morgan fingerprint density at radius 1 is 1.17 bits per heavy atom. The van der Waals surface area contributed by atoms with Gasteiger partial charge >= 0.3 is 5.97 Å². The number of carbonyl (C=O) groups is 2. The zero-order valence-corrected chi connectivity index (χ0v) is 13.3. The number of nitriles is 1. The van der Waals surface area contributed by atoms with Gasteiger partial charge in [0, 0.05) is 12.1 Å². The predicted molar refractivity (Wildman–Crippen MR) is 85.9 cm³/mol. The van der Waals surface area contributed by atoms with Gasteiger partial charge in [0.05, 0.1) is 19.3 Å². The second-order valence-corrected chi connectivity index (χ2v) is 4.87. The number of unbranched alkanes of at least 4 members (excludes halogenated alkanes) is 2. The van der Waals surface area contributed by atoms with E-state index >= 15 is 0 Å². The Morgan fingerprint density at radius 2 is 1.91 bits per heavy atom. The minimum Gasteiger partial charge on any atom is -0.494 e. The van der Waals surface area contributed by atoms with E-state index in [2.05, 4.69) is 5.32 Å². The summed E-state index contributed by atoms with van der Waals surface area (Å²) in [6.07, 6.45) is 2.85. The number of benzene rings is 1. The quantitative estimate of drug-likeness (QED) is 0.529. The van der Waals surface area contributed by atoms with Crippen LogP contribution in [0.2, 0.25) is 0 Å². The maximum atomic E-state index is 11.3. The molecule has 1 aromatic carbocycles. The summed E-state index contributed by atoms with van der Waals surface area (Å²) >= 11 is 0. The van der Waals surface area contributed by atoms with Gasteiger partial charge in [0.1, 0.15) is 12.2 Å². The number of hydrogen-bond donors (Lipinski definition) is 1. The number of esters is 1. The molecule has 23 heavy (non-hydrogen) atoms. The maximum Gasteiger partial charge on any atom is 0.305 e. The molecule has 0 saturated heterocycles. The van der Waals surface area contributed by atoms with Crippen LogP contribution in [0.1, 0.15) is 39.0 Å². The molecule has 0 aromatic heterocycles. The van der Waals surface area contributed by atoms with Gasteiger partial charge in [-0.05, 0) is 50.5 Å². The molecule has 0 unspecified atom stereocenters. The molecule has 0 saturated carbocycles. The molecule has 0 radical (unpaired) electrons. The first kappa shape index (κ1) is 18.5. The normalized spacial score (nSPS) is 9.74. The fourth-order valence-corrected chi connectivity index (χ4v) is 1.88. The molecule has 1 N–H and O–H groups in total. The number of anilines is 1. The largest absolute Gasteiger partial charge is 0.494 e. The SMILES string of the molecule is CCOC(=O)CCCCCOc1ccc(NC(=O)CC#N)cc1. The summed E-state index contributed by atoms with van der Waals surface area (Å²) in [7, 11) is 0. The second kappa shape index (κ2) is 11.1. The number of ether oxygens (including phenoxy) is 2. The topological polar surface area (TPSA) is 88.4 Å². The van der Waals surface area contributed by atoms with Crippen LogP contribution in [0.4, 0.5) is 5.69 Å². The third kappa shape index (κ3) is 8.47. The van der Waals surface area contributed by atoms with Crippen LogP contribution in [0.5, 0.6) is 5.75 Å². The second-order valence-electron chi connectivity index (χ2n) is 4.87. The number of nitrogens with zero attached hydrogens (tertiary/aromatic N) is 1. The van der Waals surface area contributed by atoms with E-state index in [-0.39, 0.29) is 18.3 Å². The lowest BCUT2D eigenvalue weighted by atomic mass is 10.2. The summed E-state index contributed by atoms with van der Waals surface area (Å²) in [6, 6.07) is 8.78. The molecule has 0 fully saturated rings. The molecule has 0 heterocycles. The van der Waals surface area contributed by atoms with Crippen LogP contribution in [0, 0.1) is 11.3 Å². The van der Waals surface area contributed by atoms with Crippen molar-refractivity contribution >= 4 is 17.6 Å². The molecule has 6 nitrogen and oxygen atoms in total. The molecule has 1 rings (SSSR count). The van der Waals surface area contributed by atoms with Crippen LogP contribution in [-0.4, -0.2) is 25.1 Å². The molecule has 1 amide bonds. The molecule has 0 aliphatic carbocycles. The van der Waals surface area contributed by atoms with Crippen molar-refractivity contribution in [2.75, 3.05) is 18.5 Å². The predicted octanol–water partition coefficient (Wildman–Crippen LogP) is 3.04. The van der Waals surface area contributed by atoms with Crippen LogP contribution in [0.25, 0.3) is 0 Å². The smallest absolute Gasteiger partial charge is 0.305 e. The summed E-state index contributed by atoms with van der Waals surface area (Å²) in [4.78, 5) is 22.4.